The van der Waals surface area contributed by atoms with E-state index in [0.717, 1.165) is 24.2 Å². The van der Waals surface area contributed by atoms with E-state index in [9.17, 15) is 4.79 Å². The fourth-order valence-electron chi connectivity index (χ4n) is 1.87. The van der Waals surface area contributed by atoms with E-state index in [1.807, 2.05) is 24.3 Å². The zero-order chi connectivity index (χ0) is 12.8. The Hall–Kier alpha value is -1.59. The summed E-state index contributed by atoms with van der Waals surface area (Å²) in [5.41, 5.74) is 7.53. The molecule has 5 heteroatoms. The third kappa shape index (κ3) is 3.72. The minimum absolute atomic E-state index is 0.00476. The molecule has 0 bridgehead atoms. The van der Waals surface area contributed by atoms with Crippen LogP contribution in [-0.2, 0) is 16.0 Å². The molecule has 0 saturated carbocycles. The molecule has 1 aliphatic rings. The normalized spacial score (nSPS) is 19.4. The van der Waals surface area contributed by atoms with Crippen LogP contribution in [0.2, 0.25) is 0 Å². The number of anilines is 1. The van der Waals surface area contributed by atoms with Crippen LogP contribution in [-0.4, -0.2) is 38.3 Å². The number of benzene rings is 1. The lowest BCUT2D eigenvalue weighted by Crippen LogP contribution is -2.51. The Labute approximate surface area is 107 Å². The summed E-state index contributed by atoms with van der Waals surface area (Å²) in [6.07, 6.45) is 0.805. The second kappa shape index (κ2) is 6.37. The molecule has 1 saturated heterocycles. The number of hydrogen-bond acceptors (Lipinski definition) is 4. The first-order valence-corrected chi connectivity index (χ1v) is 6.19. The van der Waals surface area contributed by atoms with E-state index in [4.69, 9.17) is 10.5 Å². The van der Waals surface area contributed by atoms with Crippen LogP contribution in [0, 0.1) is 0 Å². The molecule has 1 amide bonds. The molecule has 2 rings (SSSR count). The van der Waals surface area contributed by atoms with Crippen LogP contribution in [0.15, 0.2) is 24.3 Å². The van der Waals surface area contributed by atoms with Crippen LogP contribution in [0.5, 0.6) is 0 Å². The van der Waals surface area contributed by atoms with Gasteiger partial charge in [-0.3, -0.25) is 4.79 Å². The molecule has 1 aromatic rings. The Morgan fingerprint density at radius 1 is 1.44 bits per heavy atom. The SMILES string of the molecule is Nc1ccc(CCNC(=O)C2COCCN2)cc1. The van der Waals surface area contributed by atoms with Crippen molar-refractivity contribution in [2.24, 2.45) is 0 Å². The first-order chi connectivity index (χ1) is 8.75. The summed E-state index contributed by atoms with van der Waals surface area (Å²) in [5, 5.41) is 6.02. The number of nitrogens with one attached hydrogen (secondary N) is 2. The van der Waals surface area contributed by atoms with Crippen molar-refractivity contribution in [3.05, 3.63) is 29.8 Å². The van der Waals surface area contributed by atoms with E-state index in [1.54, 1.807) is 0 Å². The van der Waals surface area contributed by atoms with Gasteiger partial charge in [0.15, 0.2) is 0 Å². The average Bonchev–Trinajstić information content (AvgIpc) is 2.42. The number of amides is 1. The third-order valence-electron chi connectivity index (χ3n) is 2.93. The molecular weight excluding hydrogens is 230 g/mol. The maximum Gasteiger partial charge on any atom is 0.239 e. The molecule has 1 fully saturated rings. The maximum atomic E-state index is 11.8. The van der Waals surface area contributed by atoms with Crippen molar-refractivity contribution in [1.29, 1.82) is 0 Å². The lowest BCUT2D eigenvalue weighted by Gasteiger charge is -2.22. The van der Waals surface area contributed by atoms with Gasteiger partial charge in [0.2, 0.25) is 5.91 Å². The van der Waals surface area contributed by atoms with Gasteiger partial charge in [0, 0.05) is 18.8 Å². The molecule has 1 unspecified atom stereocenters. The number of carbonyl (C=O) groups excluding carboxylic acids is 1. The van der Waals surface area contributed by atoms with Crippen LogP contribution in [0.25, 0.3) is 0 Å². The van der Waals surface area contributed by atoms with Gasteiger partial charge in [-0.05, 0) is 24.1 Å². The van der Waals surface area contributed by atoms with E-state index >= 15 is 0 Å². The van der Waals surface area contributed by atoms with E-state index < -0.39 is 0 Å². The lowest BCUT2D eigenvalue weighted by molar-refractivity contribution is -0.125. The number of nitrogen functional groups attached to an aromatic ring is 1. The van der Waals surface area contributed by atoms with Crippen molar-refractivity contribution in [1.82, 2.24) is 10.6 Å². The first kappa shape index (κ1) is 12.9. The van der Waals surface area contributed by atoms with Gasteiger partial charge in [-0.2, -0.15) is 0 Å². The Bertz CT molecular complexity index is 386. The monoisotopic (exact) mass is 249 g/mol. The highest BCUT2D eigenvalue weighted by atomic mass is 16.5. The fourth-order valence-corrected chi connectivity index (χ4v) is 1.87. The topological polar surface area (TPSA) is 76.4 Å². The number of carbonyl (C=O) groups is 1. The van der Waals surface area contributed by atoms with Gasteiger partial charge in [-0.15, -0.1) is 0 Å². The summed E-state index contributed by atoms with van der Waals surface area (Å²) < 4.78 is 5.24. The molecule has 4 N–H and O–H groups in total. The molecule has 0 radical (unpaired) electrons. The van der Waals surface area contributed by atoms with E-state index in [0.29, 0.717) is 19.8 Å². The second-order valence-electron chi connectivity index (χ2n) is 4.36. The molecule has 1 heterocycles. The molecule has 5 nitrogen and oxygen atoms in total. The summed E-state index contributed by atoms with van der Waals surface area (Å²) in [6.45, 7) is 2.49. The lowest BCUT2D eigenvalue weighted by atomic mass is 10.1. The predicted octanol–water partition coefficient (Wildman–Crippen LogP) is -0.0841. The largest absolute Gasteiger partial charge is 0.399 e. The van der Waals surface area contributed by atoms with Crippen molar-refractivity contribution in [3.63, 3.8) is 0 Å². The van der Waals surface area contributed by atoms with E-state index in [1.165, 1.54) is 0 Å². The van der Waals surface area contributed by atoms with Crippen molar-refractivity contribution in [2.45, 2.75) is 12.5 Å². The number of nitrogens with two attached hydrogens (primary N) is 1. The van der Waals surface area contributed by atoms with E-state index in [2.05, 4.69) is 10.6 Å². The van der Waals surface area contributed by atoms with Crippen LogP contribution in [0.3, 0.4) is 0 Å². The molecule has 0 aliphatic carbocycles. The van der Waals surface area contributed by atoms with Gasteiger partial charge in [0.25, 0.3) is 0 Å². The Morgan fingerprint density at radius 2 is 2.22 bits per heavy atom. The summed E-state index contributed by atoms with van der Waals surface area (Å²) in [7, 11) is 0. The molecule has 0 aromatic heterocycles. The minimum Gasteiger partial charge on any atom is -0.399 e. The first-order valence-electron chi connectivity index (χ1n) is 6.19. The molecule has 1 atom stereocenters. The van der Waals surface area contributed by atoms with Crippen molar-refractivity contribution in [2.75, 3.05) is 32.0 Å². The Balaban J connectivity index is 1.71. The van der Waals surface area contributed by atoms with Crippen LogP contribution in [0.4, 0.5) is 5.69 Å². The highest BCUT2D eigenvalue weighted by Crippen LogP contribution is 2.05. The third-order valence-corrected chi connectivity index (χ3v) is 2.93. The van der Waals surface area contributed by atoms with Gasteiger partial charge in [0.05, 0.1) is 13.2 Å². The summed E-state index contributed by atoms with van der Waals surface area (Å²) in [5.74, 6) is 0.00476. The van der Waals surface area contributed by atoms with Crippen molar-refractivity contribution < 1.29 is 9.53 Å². The molecule has 0 spiro atoms. The zero-order valence-electron chi connectivity index (χ0n) is 10.3. The van der Waals surface area contributed by atoms with Crippen LogP contribution >= 0.6 is 0 Å². The Kier molecular flexibility index (Phi) is 4.55. The van der Waals surface area contributed by atoms with Crippen molar-refractivity contribution in [3.8, 4) is 0 Å². The second-order valence-corrected chi connectivity index (χ2v) is 4.36. The van der Waals surface area contributed by atoms with Crippen LogP contribution in [0.1, 0.15) is 5.56 Å². The fraction of sp³-hybridized carbons (Fsp3) is 0.462. The highest BCUT2D eigenvalue weighted by Gasteiger charge is 2.20. The number of morpholine rings is 1. The minimum atomic E-state index is -0.217. The van der Waals surface area contributed by atoms with Gasteiger partial charge >= 0.3 is 0 Å². The Morgan fingerprint density at radius 3 is 2.89 bits per heavy atom. The van der Waals surface area contributed by atoms with Gasteiger partial charge in [-0.1, -0.05) is 12.1 Å². The highest BCUT2D eigenvalue weighted by molar-refractivity contribution is 5.81. The smallest absolute Gasteiger partial charge is 0.239 e. The number of ether oxygens (including phenoxy) is 1. The summed E-state index contributed by atoms with van der Waals surface area (Å²) in [4.78, 5) is 11.8. The quantitative estimate of drug-likeness (QED) is 0.652. The summed E-state index contributed by atoms with van der Waals surface area (Å²) >= 11 is 0. The van der Waals surface area contributed by atoms with Crippen molar-refractivity contribution >= 4 is 11.6 Å². The summed E-state index contributed by atoms with van der Waals surface area (Å²) in [6, 6.07) is 7.47. The standard InChI is InChI=1S/C13H19N3O2/c14-11-3-1-10(2-4-11)5-6-16-13(17)12-9-18-8-7-15-12/h1-4,12,15H,5-9,14H2,(H,16,17). The number of hydrogen-bond donors (Lipinski definition) is 3. The maximum absolute atomic E-state index is 11.8. The predicted molar refractivity (Wildman–Crippen MR) is 70.2 cm³/mol. The molecule has 1 aliphatic heterocycles. The van der Waals surface area contributed by atoms with E-state index in [-0.39, 0.29) is 11.9 Å². The molecular formula is C13H19N3O2. The molecule has 98 valence electrons. The van der Waals surface area contributed by atoms with Crippen LogP contribution < -0.4 is 16.4 Å². The zero-order valence-corrected chi connectivity index (χ0v) is 10.3. The van der Waals surface area contributed by atoms with Gasteiger partial charge in [-0.25, -0.2) is 0 Å². The average molecular weight is 249 g/mol. The van der Waals surface area contributed by atoms with Gasteiger partial charge < -0.3 is 21.1 Å². The molecule has 1 aromatic carbocycles. The molecule has 18 heavy (non-hydrogen) atoms. The van der Waals surface area contributed by atoms with Gasteiger partial charge in [0.1, 0.15) is 6.04 Å². The number of rotatable bonds is 4.